The second kappa shape index (κ2) is 6.24. The summed E-state index contributed by atoms with van der Waals surface area (Å²) in [7, 11) is 1.67. The van der Waals surface area contributed by atoms with Crippen molar-refractivity contribution in [1.82, 2.24) is 14.3 Å². The van der Waals surface area contributed by atoms with Crippen LogP contribution in [-0.4, -0.2) is 57.2 Å². The zero-order valence-electron chi connectivity index (χ0n) is 12.4. The standard InChI is InChI=1S/C15H21N3O3/c1-15(10-19,11-20)9-17(2)14(21)7-12-8-18-6-4-3-5-13(18)16-12/h3-6,8,19-20H,7,9-11H2,1-2H3. The number of rotatable bonds is 6. The van der Waals surface area contributed by atoms with Crippen LogP contribution in [0.3, 0.4) is 0 Å². The van der Waals surface area contributed by atoms with Crippen LogP contribution in [0.4, 0.5) is 0 Å². The number of imidazole rings is 1. The number of likely N-dealkylation sites (N-methyl/N-ethyl adjacent to an activating group) is 1. The molecule has 6 nitrogen and oxygen atoms in total. The van der Waals surface area contributed by atoms with Crippen LogP contribution in [0.1, 0.15) is 12.6 Å². The summed E-state index contributed by atoms with van der Waals surface area (Å²) in [6.07, 6.45) is 3.91. The van der Waals surface area contributed by atoms with Gasteiger partial charge in [-0.3, -0.25) is 4.79 Å². The number of carbonyl (C=O) groups is 1. The van der Waals surface area contributed by atoms with Gasteiger partial charge in [0, 0.05) is 31.4 Å². The maximum absolute atomic E-state index is 12.2. The zero-order valence-corrected chi connectivity index (χ0v) is 12.4. The monoisotopic (exact) mass is 291 g/mol. The zero-order chi connectivity index (χ0) is 15.5. The van der Waals surface area contributed by atoms with Crippen LogP contribution in [0.25, 0.3) is 5.65 Å². The van der Waals surface area contributed by atoms with Crippen molar-refractivity contribution in [3.63, 3.8) is 0 Å². The maximum atomic E-state index is 12.2. The first-order valence-electron chi connectivity index (χ1n) is 6.86. The Morgan fingerprint density at radius 2 is 2.10 bits per heavy atom. The van der Waals surface area contributed by atoms with Crippen LogP contribution in [-0.2, 0) is 11.2 Å². The fraction of sp³-hybridized carbons (Fsp3) is 0.467. The van der Waals surface area contributed by atoms with E-state index in [2.05, 4.69) is 4.98 Å². The quantitative estimate of drug-likeness (QED) is 0.804. The van der Waals surface area contributed by atoms with E-state index in [9.17, 15) is 15.0 Å². The summed E-state index contributed by atoms with van der Waals surface area (Å²) in [4.78, 5) is 18.1. The Bertz CT molecular complexity index is 586. The molecule has 2 rings (SSSR count). The molecule has 2 heterocycles. The molecule has 0 spiro atoms. The number of hydrogen-bond acceptors (Lipinski definition) is 4. The first-order chi connectivity index (χ1) is 9.97. The smallest absolute Gasteiger partial charge is 0.228 e. The molecule has 0 aliphatic heterocycles. The first-order valence-corrected chi connectivity index (χ1v) is 6.86. The molecule has 2 N–H and O–H groups in total. The minimum Gasteiger partial charge on any atom is -0.396 e. The highest BCUT2D eigenvalue weighted by atomic mass is 16.3. The minimum absolute atomic E-state index is 0.0912. The van der Waals surface area contributed by atoms with Gasteiger partial charge in [0.25, 0.3) is 0 Å². The summed E-state index contributed by atoms with van der Waals surface area (Å²) in [5.74, 6) is -0.0912. The number of carbonyl (C=O) groups excluding carboxylic acids is 1. The van der Waals surface area contributed by atoms with E-state index in [1.807, 2.05) is 35.0 Å². The second-order valence-corrected chi connectivity index (χ2v) is 5.75. The second-order valence-electron chi connectivity index (χ2n) is 5.75. The Morgan fingerprint density at radius 1 is 1.38 bits per heavy atom. The van der Waals surface area contributed by atoms with E-state index in [1.165, 1.54) is 4.90 Å². The fourth-order valence-corrected chi connectivity index (χ4v) is 2.17. The van der Waals surface area contributed by atoms with Gasteiger partial charge in [-0.05, 0) is 12.1 Å². The van der Waals surface area contributed by atoms with Crippen molar-refractivity contribution >= 4 is 11.6 Å². The predicted octanol–water partition coefficient (Wildman–Crippen LogP) is 0.326. The molecule has 21 heavy (non-hydrogen) atoms. The molecule has 2 aromatic rings. The number of aliphatic hydroxyl groups is 2. The van der Waals surface area contributed by atoms with E-state index in [4.69, 9.17) is 0 Å². The van der Waals surface area contributed by atoms with E-state index in [0.717, 1.165) is 5.65 Å². The summed E-state index contributed by atoms with van der Waals surface area (Å²) in [5.41, 5.74) is 0.815. The van der Waals surface area contributed by atoms with Crippen molar-refractivity contribution in [1.29, 1.82) is 0 Å². The molecular formula is C15H21N3O3. The van der Waals surface area contributed by atoms with Gasteiger partial charge < -0.3 is 19.5 Å². The molecule has 0 aliphatic carbocycles. The SMILES string of the molecule is CN(CC(C)(CO)CO)C(=O)Cc1cn2ccccc2n1. The van der Waals surface area contributed by atoms with Gasteiger partial charge in [0.1, 0.15) is 5.65 Å². The van der Waals surface area contributed by atoms with E-state index in [1.54, 1.807) is 14.0 Å². The number of fused-ring (bicyclic) bond motifs is 1. The van der Waals surface area contributed by atoms with Crippen LogP contribution < -0.4 is 0 Å². The summed E-state index contributed by atoms with van der Waals surface area (Å²) >= 11 is 0. The lowest BCUT2D eigenvalue weighted by Crippen LogP contribution is -2.42. The number of nitrogens with zero attached hydrogens (tertiary/aromatic N) is 3. The van der Waals surface area contributed by atoms with Gasteiger partial charge >= 0.3 is 0 Å². The molecule has 0 aromatic carbocycles. The molecule has 0 saturated carbocycles. The predicted molar refractivity (Wildman–Crippen MR) is 78.8 cm³/mol. The molecule has 2 aromatic heterocycles. The number of hydrogen-bond donors (Lipinski definition) is 2. The minimum atomic E-state index is -0.691. The Morgan fingerprint density at radius 3 is 2.71 bits per heavy atom. The van der Waals surface area contributed by atoms with Gasteiger partial charge in [0.05, 0.1) is 25.3 Å². The summed E-state index contributed by atoms with van der Waals surface area (Å²) in [6, 6.07) is 5.68. The van der Waals surface area contributed by atoms with E-state index >= 15 is 0 Å². The third-order valence-corrected chi connectivity index (χ3v) is 3.55. The Hall–Kier alpha value is -1.92. The van der Waals surface area contributed by atoms with Crippen molar-refractivity contribution < 1.29 is 15.0 Å². The molecule has 0 radical (unpaired) electrons. The molecule has 1 amide bonds. The molecule has 0 fully saturated rings. The van der Waals surface area contributed by atoms with Crippen molar-refractivity contribution in [2.24, 2.45) is 5.41 Å². The number of aliphatic hydroxyl groups excluding tert-OH is 2. The van der Waals surface area contributed by atoms with E-state index < -0.39 is 5.41 Å². The largest absolute Gasteiger partial charge is 0.396 e. The van der Waals surface area contributed by atoms with Gasteiger partial charge in [-0.2, -0.15) is 0 Å². The fourth-order valence-electron chi connectivity index (χ4n) is 2.17. The average Bonchev–Trinajstić information content (AvgIpc) is 2.89. The number of amides is 1. The molecule has 6 heteroatoms. The van der Waals surface area contributed by atoms with Crippen molar-refractivity contribution in [3.8, 4) is 0 Å². The lowest BCUT2D eigenvalue weighted by Gasteiger charge is -2.30. The number of aromatic nitrogens is 2. The molecule has 0 atom stereocenters. The normalized spacial score (nSPS) is 11.8. The highest BCUT2D eigenvalue weighted by molar-refractivity contribution is 5.78. The first kappa shape index (κ1) is 15.5. The topological polar surface area (TPSA) is 78.1 Å². The molecule has 114 valence electrons. The Kier molecular flexibility index (Phi) is 4.59. The van der Waals surface area contributed by atoms with E-state index in [-0.39, 0.29) is 25.5 Å². The van der Waals surface area contributed by atoms with Crippen LogP contribution in [0.2, 0.25) is 0 Å². The Labute approximate surface area is 123 Å². The number of pyridine rings is 1. The highest BCUT2D eigenvalue weighted by Gasteiger charge is 2.26. The third kappa shape index (κ3) is 3.59. The van der Waals surface area contributed by atoms with Gasteiger partial charge in [-0.25, -0.2) is 4.98 Å². The van der Waals surface area contributed by atoms with Gasteiger partial charge in [-0.1, -0.05) is 13.0 Å². The van der Waals surface area contributed by atoms with Gasteiger partial charge in [-0.15, -0.1) is 0 Å². The summed E-state index contributed by atoms with van der Waals surface area (Å²) < 4.78 is 1.87. The lowest BCUT2D eigenvalue weighted by molar-refractivity contribution is -0.131. The van der Waals surface area contributed by atoms with Crippen LogP contribution >= 0.6 is 0 Å². The van der Waals surface area contributed by atoms with Crippen molar-refractivity contribution in [2.75, 3.05) is 26.8 Å². The van der Waals surface area contributed by atoms with Crippen molar-refractivity contribution in [3.05, 3.63) is 36.3 Å². The van der Waals surface area contributed by atoms with Crippen LogP contribution in [0.15, 0.2) is 30.6 Å². The Balaban J connectivity index is 2.03. The molecular weight excluding hydrogens is 270 g/mol. The summed E-state index contributed by atoms with van der Waals surface area (Å²) in [6.45, 7) is 1.69. The molecule has 0 unspecified atom stereocenters. The van der Waals surface area contributed by atoms with Crippen molar-refractivity contribution in [2.45, 2.75) is 13.3 Å². The van der Waals surface area contributed by atoms with Crippen LogP contribution in [0, 0.1) is 5.41 Å². The average molecular weight is 291 g/mol. The molecule has 0 saturated heterocycles. The summed E-state index contributed by atoms with van der Waals surface area (Å²) in [5, 5.41) is 18.6. The van der Waals surface area contributed by atoms with E-state index in [0.29, 0.717) is 12.2 Å². The van der Waals surface area contributed by atoms with Crippen LogP contribution in [0.5, 0.6) is 0 Å². The third-order valence-electron chi connectivity index (χ3n) is 3.55. The van der Waals surface area contributed by atoms with Gasteiger partial charge in [0.2, 0.25) is 5.91 Å². The van der Waals surface area contributed by atoms with Gasteiger partial charge in [0.15, 0.2) is 0 Å². The lowest BCUT2D eigenvalue weighted by atomic mass is 9.92. The maximum Gasteiger partial charge on any atom is 0.228 e. The molecule has 0 bridgehead atoms. The highest BCUT2D eigenvalue weighted by Crippen LogP contribution is 2.16. The molecule has 0 aliphatic rings.